The molecule has 0 radical (unpaired) electrons. The minimum absolute atomic E-state index is 0.0594. The smallest absolute Gasteiger partial charge is 0.226 e. The van der Waals surface area contributed by atoms with Crippen LogP contribution >= 0.6 is 11.3 Å². The van der Waals surface area contributed by atoms with Gasteiger partial charge >= 0.3 is 0 Å². The molecule has 0 aliphatic heterocycles. The first kappa shape index (κ1) is 12.9. The van der Waals surface area contributed by atoms with Crippen LogP contribution in [0.1, 0.15) is 25.5 Å². The number of aliphatic hydroxyl groups excluding tert-OH is 1. The molecule has 0 aromatic carbocycles. The lowest BCUT2D eigenvalue weighted by atomic mass is 10.2. The van der Waals surface area contributed by atoms with Gasteiger partial charge in [-0.15, -0.1) is 11.3 Å². The number of hydrogen-bond donors (Lipinski definition) is 3. The Morgan fingerprint density at radius 1 is 1.75 bits per heavy atom. The molecular formula is C10H17N3O2S. The van der Waals surface area contributed by atoms with Gasteiger partial charge in [0.05, 0.1) is 18.2 Å². The van der Waals surface area contributed by atoms with Crippen LogP contribution < -0.4 is 11.1 Å². The molecule has 0 aliphatic rings. The number of amides is 1. The molecule has 0 saturated carbocycles. The second kappa shape index (κ2) is 6.44. The van der Waals surface area contributed by atoms with E-state index in [0.717, 1.165) is 6.42 Å². The highest BCUT2D eigenvalue weighted by atomic mass is 32.1. The topological polar surface area (TPSA) is 88.2 Å². The van der Waals surface area contributed by atoms with E-state index < -0.39 is 0 Å². The summed E-state index contributed by atoms with van der Waals surface area (Å²) in [5.74, 6) is -0.0594. The second-order valence-corrected chi connectivity index (χ2v) is 4.58. The molecule has 90 valence electrons. The fourth-order valence-corrected chi connectivity index (χ4v) is 1.82. The Morgan fingerprint density at radius 2 is 2.50 bits per heavy atom. The van der Waals surface area contributed by atoms with Gasteiger partial charge in [0.15, 0.2) is 5.13 Å². The first-order valence-electron chi connectivity index (χ1n) is 5.22. The minimum atomic E-state index is -0.310. The molecule has 16 heavy (non-hydrogen) atoms. The maximum atomic E-state index is 11.4. The van der Waals surface area contributed by atoms with Crippen LogP contribution in [0.25, 0.3) is 0 Å². The third-order valence-electron chi connectivity index (χ3n) is 2.03. The fourth-order valence-electron chi connectivity index (χ4n) is 1.26. The SMILES string of the molecule is CC(O)CCCNC(=O)Cc1csc(N)n1. The Hall–Kier alpha value is -1.14. The normalized spacial score (nSPS) is 12.4. The molecule has 0 fully saturated rings. The molecular weight excluding hydrogens is 226 g/mol. The Labute approximate surface area is 98.7 Å². The highest BCUT2D eigenvalue weighted by Gasteiger charge is 2.06. The van der Waals surface area contributed by atoms with Gasteiger partial charge in [-0.25, -0.2) is 4.98 Å². The van der Waals surface area contributed by atoms with Gasteiger partial charge in [-0.05, 0) is 19.8 Å². The summed E-state index contributed by atoms with van der Waals surface area (Å²) in [5.41, 5.74) is 6.16. The van der Waals surface area contributed by atoms with Gasteiger partial charge in [0.25, 0.3) is 0 Å². The second-order valence-electron chi connectivity index (χ2n) is 3.70. The van der Waals surface area contributed by atoms with E-state index in [1.807, 2.05) is 0 Å². The van der Waals surface area contributed by atoms with Crippen molar-refractivity contribution >= 4 is 22.4 Å². The van der Waals surface area contributed by atoms with Crippen molar-refractivity contribution in [2.45, 2.75) is 32.3 Å². The first-order valence-corrected chi connectivity index (χ1v) is 6.10. The van der Waals surface area contributed by atoms with Crippen LogP contribution in [-0.2, 0) is 11.2 Å². The summed E-state index contributed by atoms with van der Waals surface area (Å²) in [5, 5.41) is 14.1. The molecule has 0 spiro atoms. The summed E-state index contributed by atoms with van der Waals surface area (Å²) in [7, 11) is 0. The largest absolute Gasteiger partial charge is 0.393 e. The van der Waals surface area contributed by atoms with Gasteiger partial charge in [-0.1, -0.05) is 0 Å². The Bertz CT molecular complexity index is 339. The summed E-state index contributed by atoms with van der Waals surface area (Å²) in [4.78, 5) is 15.4. The van der Waals surface area contributed by atoms with Crippen LogP contribution in [0.15, 0.2) is 5.38 Å². The van der Waals surface area contributed by atoms with Crippen molar-refractivity contribution < 1.29 is 9.90 Å². The zero-order valence-electron chi connectivity index (χ0n) is 9.27. The molecule has 6 heteroatoms. The number of nitrogens with two attached hydrogens (primary N) is 1. The Balaban J connectivity index is 2.16. The number of nitrogens with zero attached hydrogens (tertiary/aromatic N) is 1. The van der Waals surface area contributed by atoms with E-state index in [1.165, 1.54) is 11.3 Å². The first-order chi connectivity index (χ1) is 7.58. The summed E-state index contributed by atoms with van der Waals surface area (Å²) in [6.07, 6.45) is 1.43. The number of carbonyl (C=O) groups excluding carboxylic acids is 1. The van der Waals surface area contributed by atoms with Crippen LogP contribution in [0.4, 0.5) is 5.13 Å². The lowest BCUT2D eigenvalue weighted by Crippen LogP contribution is -2.26. The number of nitrogens with one attached hydrogen (secondary N) is 1. The van der Waals surface area contributed by atoms with Gasteiger partial charge < -0.3 is 16.2 Å². The molecule has 0 aliphatic carbocycles. The molecule has 4 N–H and O–H groups in total. The number of carbonyl (C=O) groups is 1. The lowest BCUT2D eigenvalue weighted by Gasteiger charge is -2.05. The molecule has 1 amide bonds. The van der Waals surface area contributed by atoms with Gasteiger partial charge in [0.2, 0.25) is 5.91 Å². The summed E-state index contributed by atoms with van der Waals surface area (Å²) < 4.78 is 0. The molecule has 1 atom stereocenters. The van der Waals surface area contributed by atoms with Crippen molar-refractivity contribution in [3.63, 3.8) is 0 Å². The molecule has 1 aromatic rings. The predicted molar refractivity (Wildman–Crippen MR) is 64.2 cm³/mol. The molecule has 0 saturated heterocycles. The summed E-state index contributed by atoms with van der Waals surface area (Å²) in [6.45, 7) is 2.32. The number of hydrogen-bond acceptors (Lipinski definition) is 5. The van der Waals surface area contributed by atoms with E-state index in [9.17, 15) is 4.79 Å². The third kappa shape index (κ3) is 5.09. The van der Waals surface area contributed by atoms with Gasteiger partial charge in [-0.3, -0.25) is 4.79 Å². The number of rotatable bonds is 6. The van der Waals surface area contributed by atoms with Crippen LogP contribution in [0, 0.1) is 0 Å². The third-order valence-corrected chi connectivity index (χ3v) is 2.75. The predicted octanol–water partition coefficient (Wildman–Crippen LogP) is 0.545. The Morgan fingerprint density at radius 3 is 3.06 bits per heavy atom. The average Bonchev–Trinajstić information content (AvgIpc) is 2.58. The van der Waals surface area contributed by atoms with Crippen molar-refractivity contribution in [2.24, 2.45) is 0 Å². The van der Waals surface area contributed by atoms with Gasteiger partial charge in [-0.2, -0.15) is 0 Å². The van der Waals surface area contributed by atoms with E-state index in [2.05, 4.69) is 10.3 Å². The zero-order valence-corrected chi connectivity index (χ0v) is 10.1. The molecule has 1 aromatic heterocycles. The lowest BCUT2D eigenvalue weighted by molar-refractivity contribution is -0.120. The quantitative estimate of drug-likeness (QED) is 0.636. The number of nitrogen functional groups attached to an aromatic ring is 1. The van der Waals surface area contributed by atoms with Crippen molar-refractivity contribution in [1.29, 1.82) is 0 Å². The highest BCUT2D eigenvalue weighted by molar-refractivity contribution is 7.13. The monoisotopic (exact) mass is 243 g/mol. The molecule has 1 rings (SSSR count). The maximum absolute atomic E-state index is 11.4. The number of aliphatic hydroxyl groups is 1. The number of anilines is 1. The van der Waals surface area contributed by atoms with Crippen LogP contribution in [-0.4, -0.2) is 28.6 Å². The number of aromatic nitrogens is 1. The van der Waals surface area contributed by atoms with E-state index in [0.29, 0.717) is 23.8 Å². The van der Waals surface area contributed by atoms with Crippen molar-refractivity contribution in [3.8, 4) is 0 Å². The highest BCUT2D eigenvalue weighted by Crippen LogP contribution is 2.11. The summed E-state index contributed by atoms with van der Waals surface area (Å²) in [6, 6.07) is 0. The fraction of sp³-hybridized carbons (Fsp3) is 0.600. The van der Waals surface area contributed by atoms with E-state index in [1.54, 1.807) is 12.3 Å². The molecule has 1 heterocycles. The molecule has 0 bridgehead atoms. The van der Waals surface area contributed by atoms with E-state index in [-0.39, 0.29) is 18.4 Å². The maximum Gasteiger partial charge on any atom is 0.226 e. The van der Waals surface area contributed by atoms with Gasteiger partial charge in [0, 0.05) is 11.9 Å². The zero-order chi connectivity index (χ0) is 12.0. The van der Waals surface area contributed by atoms with Crippen LogP contribution in [0.3, 0.4) is 0 Å². The van der Waals surface area contributed by atoms with Crippen molar-refractivity contribution in [3.05, 3.63) is 11.1 Å². The average molecular weight is 243 g/mol. The Kier molecular flexibility index (Phi) is 5.21. The summed E-state index contributed by atoms with van der Waals surface area (Å²) >= 11 is 1.33. The van der Waals surface area contributed by atoms with Crippen LogP contribution in [0.2, 0.25) is 0 Å². The van der Waals surface area contributed by atoms with Crippen LogP contribution in [0.5, 0.6) is 0 Å². The van der Waals surface area contributed by atoms with Gasteiger partial charge in [0.1, 0.15) is 0 Å². The van der Waals surface area contributed by atoms with E-state index in [4.69, 9.17) is 10.8 Å². The molecule has 5 nitrogen and oxygen atoms in total. The standard InChI is InChI=1S/C10H17N3O2S/c1-7(14)3-2-4-12-9(15)5-8-6-16-10(11)13-8/h6-7,14H,2-5H2,1H3,(H2,11,13)(H,12,15). The number of thiazole rings is 1. The minimum Gasteiger partial charge on any atom is -0.393 e. The molecule has 1 unspecified atom stereocenters. The van der Waals surface area contributed by atoms with Crippen molar-refractivity contribution in [1.82, 2.24) is 10.3 Å². The van der Waals surface area contributed by atoms with Crippen molar-refractivity contribution in [2.75, 3.05) is 12.3 Å². The van der Waals surface area contributed by atoms with E-state index >= 15 is 0 Å².